The highest BCUT2D eigenvalue weighted by Crippen LogP contribution is 2.46. The lowest BCUT2D eigenvalue weighted by atomic mass is 9.90. The van der Waals surface area contributed by atoms with Crippen LogP contribution in [0.3, 0.4) is 0 Å². The quantitative estimate of drug-likeness (QED) is 0.0153. The second-order valence-electron chi connectivity index (χ2n) is 13.1. The van der Waals surface area contributed by atoms with Crippen molar-refractivity contribution in [3.8, 4) is 22.5 Å². The van der Waals surface area contributed by atoms with E-state index in [4.69, 9.17) is 24.0 Å². The van der Waals surface area contributed by atoms with Gasteiger partial charge in [0.15, 0.2) is 6.54 Å². The summed E-state index contributed by atoms with van der Waals surface area (Å²) in [6.07, 6.45) is 1.24. The molecule has 20 heteroatoms. The standard InChI is InChI=1S/C36H44N3O14PS2/c1-37(15-20-55-53-52-43)25-7-10-29-32(22-25)51-33-23-26(38(2)16-21-56(46,47)48)8-11-30(33)35(29)31-24-27(54(44,45)50-17-5-3-4-6-34(40)41)9-12-28(31)36(42)39-13-18-49-19-14-39/h7-12,22-24H,3-6,13-21H2,1-2H3,(H3-,40,41,43,44,45,46,47,48)/p+1. The van der Waals surface area contributed by atoms with Crippen LogP contribution in [0, 0.1) is 0 Å². The molecule has 0 bridgehead atoms. The van der Waals surface area contributed by atoms with Crippen LogP contribution in [-0.4, -0.2) is 117 Å². The Labute approximate surface area is 327 Å². The molecule has 2 aliphatic heterocycles. The van der Waals surface area contributed by atoms with Crippen LogP contribution >= 0.6 is 19.6 Å². The Balaban J connectivity index is 1.69. The molecule has 0 radical (unpaired) electrons. The van der Waals surface area contributed by atoms with Gasteiger partial charge in [-0.15, -0.1) is 4.33 Å². The van der Waals surface area contributed by atoms with Crippen LogP contribution in [0.15, 0.2) is 59.0 Å². The fourth-order valence-electron chi connectivity index (χ4n) is 6.23. The van der Waals surface area contributed by atoms with Crippen LogP contribution in [0.1, 0.15) is 36.0 Å². The van der Waals surface area contributed by atoms with Gasteiger partial charge >= 0.3 is 13.6 Å². The maximum absolute atomic E-state index is 14.3. The smallest absolute Gasteiger partial charge is 0.358 e. The molecule has 2 aromatic carbocycles. The molecule has 5 rings (SSSR count). The number of ether oxygens (including phenoxy) is 1. The van der Waals surface area contributed by atoms with E-state index >= 15 is 0 Å². The summed E-state index contributed by atoms with van der Waals surface area (Å²) in [5, 5.41) is 22.1. The molecule has 0 saturated carbocycles. The van der Waals surface area contributed by atoms with Crippen molar-refractivity contribution in [2.24, 2.45) is 0 Å². The number of carbonyl (C=O) groups excluding carboxylic acids is 1. The van der Waals surface area contributed by atoms with Crippen molar-refractivity contribution < 1.29 is 65.4 Å². The summed E-state index contributed by atoms with van der Waals surface area (Å²) in [5.74, 6) is -0.952. The Morgan fingerprint density at radius 3 is 2.52 bits per heavy atom. The number of carboxylic acid groups (broad SMARTS) is 1. The highest BCUT2D eigenvalue weighted by molar-refractivity contribution is 7.94. The Kier molecular flexibility index (Phi) is 15.1. The molecule has 1 atom stereocenters. The number of carboxylic acids is 1. The monoisotopic (exact) mass is 838 g/mol. The van der Waals surface area contributed by atoms with E-state index in [9.17, 15) is 32.0 Å². The molecule has 1 aliphatic carbocycles. The van der Waals surface area contributed by atoms with Crippen molar-refractivity contribution in [2.75, 3.05) is 76.5 Å². The number of aliphatic carboxylic acids is 1. The van der Waals surface area contributed by atoms with E-state index in [1.165, 1.54) is 18.2 Å². The van der Waals surface area contributed by atoms with Gasteiger partial charge in [0.1, 0.15) is 24.1 Å². The number of benzene rings is 3. The minimum Gasteiger partial charge on any atom is -0.481 e. The third-order valence-corrected chi connectivity index (χ3v) is 11.9. The van der Waals surface area contributed by atoms with Gasteiger partial charge in [0.2, 0.25) is 5.36 Å². The van der Waals surface area contributed by atoms with Crippen molar-refractivity contribution in [1.82, 2.24) is 9.48 Å². The summed E-state index contributed by atoms with van der Waals surface area (Å²) in [4.78, 5) is 39.9. The largest absolute Gasteiger partial charge is 0.481 e. The highest BCUT2D eigenvalue weighted by Gasteiger charge is 2.30. The number of rotatable bonds is 19. The van der Waals surface area contributed by atoms with Gasteiger partial charge in [-0.2, -0.15) is 8.42 Å². The molecule has 2 heterocycles. The van der Waals surface area contributed by atoms with Gasteiger partial charge < -0.3 is 33.5 Å². The summed E-state index contributed by atoms with van der Waals surface area (Å²) >= 11 is 0.905. The van der Waals surface area contributed by atoms with Crippen molar-refractivity contribution >= 4 is 63.6 Å². The lowest BCUT2D eigenvalue weighted by Crippen LogP contribution is -2.41. The number of hydrogen-bond acceptors (Lipinski definition) is 13. The zero-order valence-corrected chi connectivity index (χ0v) is 33.4. The van der Waals surface area contributed by atoms with Crippen molar-refractivity contribution in [2.45, 2.75) is 25.7 Å². The topological polar surface area (TPSA) is 226 Å². The van der Waals surface area contributed by atoms with E-state index in [1.807, 2.05) is 24.1 Å². The molecular formula is C36H45N3O14PS2+. The van der Waals surface area contributed by atoms with E-state index in [1.54, 1.807) is 40.8 Å². The van der Waals surface area contributed by atoms with E-state index in [0.717, 1.165) is 17.7 Å². The van der Waals surface area contributed by atoms with Gasteiger partial charge in [0.25, 0.3) is 16.0 Å². The SMILES string of the molecule is CN(CCSOOO)c1ccc2c(-c3cc(P(=O)(O)OCCCCCC(=O)O)ccc3C(=O)N3CCOCC3)c3ccc(=[N+](C)CCS(=O)(=O)O)cc-3oc2c1. The van der Waals surface area contributed by atoms with Gasteiger partial charge in [-0.25, -0.2) is 9.83 Å². The predicted octanol–water partition coefficient (Wildman–Crippen LogP) is 3.94. The molecule has 0 spiro atoms. The van der Waals surface area contributed by atoms with Crippen LogP contribution in [0.5, 0.6) is 0 Å². The van der Waals surface area contributed by atoms with Crippen molar-refractivity contribution in [3.05, 3.63) is 65.5 Å². The van der Waals surface area contributed by atoms with Crippen molar-refractivity contribution in [1.29, 1.82) is 0 Å². The van der Waals surface area contributed by atoms with E-state index in [0.29, 0.717) is 96.6 Å². The fourth-order valence-corrected chi connectivity index (χ4v) is 8.27. The molecule has 304 valence electrons. The molecule has 1 fully saturated rings. The van der Waals surface area contributed by atoms with Gasteiger partial charge in [-0.3, -0.25) is 18.7 Å². The summed E-state index contributed by atoms with van der Waals surface area (Å²) in [6, 6.07) is 15.1. The molecule has 1 amide bonds. The van der Waals surface area contributed by atoms with E-state index in [-0.39, 0.29) is 36.3 Å². The first-order chi connectivity index (χ1) is 26.7. The fraction of sp³-hybridized carbons (Fsp3) is 0.417. The lowest BCUT2D eigenvalue weighted by molar-refractivity contribution is -0.432. The molecule has 1 saturated heterocycles. The number of anilines is 1. The first-order valence-corrected chi connectivity index (χ1v) is 21.8. The molecule has 1 unspecified atom stereocenters. The maximum atomic E-state index is 14.3. The normalized spacial score (nSPS) is 15.2. The Morgan fingerprint density at radius 2 is 1.80 bits per heavy atom. The maximum Gasteiger partial charge on any atom is 0.358 e. The van der Waals surface area contributed by atoms with Gasteiger partial charge in [0.05, 0.1) is 31.2 Å². The molecule has 4 N–H and O–H groups in total. The molecule has 3 aliphatic rings. The zero-order valence-electron chi connectivity index (χ0n) is 30.9. The minimum absolute atomic E-state index is 0.0156. The van der Waals surface area contributed by atoms with Gasteiger partial charge in [-0.1, -0.05) is 11.5 Å². The first-order valence-electron chi connectivity index (χ1n) is 17.7. The number of nitrogens with zero attached hydrogens (tertiary/aromatic N) is 3. The second kappa shape index (κ2) is 19.5. The Hall–Kier alpha value is -3.88. The average Bonchev–Trinajstić information content (AvgIpc) is 3.17. The van der Waals surface area contributed by atoms with E-state index in [2.05, 4.69) is 9.37 Å². The lowest BCUT2D eigenvalue weighted by Gasteiger charge is -2.28. The number of amides is 1. The minimum atomic E-state index is -4.45. The van der Waals surface area contributed by atoms with Gasteiger partial charge in [0, 0.05) is 90.8 Å². The summed E-state index contributed by atoms with van der Waals surface area (Å²) in [6.45, 7) is 1.76. The number of fused-ring (bicyclic) bond motifs is 2. The third kappa shape index (κ3) is 11.4. The zero-order chi connectivity index (χ0) is 40.5. The van der Waals surface area contributed by atoms with Crippen molar-refractivity contribution in [3.63, 3.8) is 0 Å². The Morgan fingerprint density at radius 1 is 1.04 bits per heavy atom. The highest BCUT2D eigenvalue weighted by atomic mass is 32.2. The molecule has 2 aromatic rings. The molecule has 17 nitrogen and oxygen atoms in total. The number of carbonyl (C=O) groups is 2. The number of unbranched alkanes of at least 4 members (excludes halogenated alkanes) is 2. The first kappa shape index (κ1) is 43.2. The second-order valence-corrected chi connectivity index (χ2v) is 17.3. The summed E-state index contributed by atoms with van der Waals surface area (Å²) in [7, 11) is -5.17. The van der Waals surface area contributed by atoms with Crippen LogP contribution < -0.4 is 20.1 Å². The van der Waals surface area contributed by atoms with Crippen LogP contribution in [-0.2, 0) is 38.1 Å². The Bertz CT molecular complexity index is 2230. The molecule has 0 aromatic heterocycles. The number of morpholine rings is 1. The molecule has 56 heavy (non-hydrogen) atoms. The predicted molar refractivity (Wildman–Crippen MR) is 210 cm³/mol. The van der Waals surface area contributed by atoms with Gasteiger partial charge in [-0.05, 0) is 54.8 Å². The summed E-state index contributed by atoms with van der Waals surface area (Å²) < 4.78 is 69.8. The number of hydrogen-bond donors (Lipinski definition) is 4. The summed E-state index contributed by atoms with van der Waals surface area (Å²) in [5.41, 5.74) is 2.82. The van der Waals surface area contributed by atoms with Crippen LogP contribution in [0.4, 0.5) is 5.69 Å². The van der Waals surface area contributed by atoms with Crippen LogP contribution in [0.2, 0.25) is 0 Å². The average molecular weight is 839 g/mol. The van der Waals surface area contributed by atoms with E-state index < -0.39 is 29.4 Å². The van der Waals surface area contributed by atoms with Crippen LogP contribution in [0.25, 0.3) is 33.4 Å². The third-order valence-electron chi connectivity index (χ3n) is 9.27. The molecular weight excluding hydrogens is 794 g/mol.